The zero-order chi connectivity index (χ0) is 59.5. The molecule has 7 heterocycles. The van der Waals surface area contributed by atoms with Crippen LogP contribution in [-0.4, -0.2) is 134 Å². The summed E-state index contributed by atoms with van der Waals surface area (Å²) in [6, 6.07) is 14.4. The first-order valence-electron chi connectivity index (χ1n) is 28.3. The molecule has 2 aromatic carbocycles. The molecule has 3 N–H and O–H groups in total. The molecule has 0 bridgehead atoms. The molecule has 83 heavy (non-hydrogen) atoms. The van der Waals surface area contributed by atoms with E-state index in [-0.39, 0.29) is 46.6 Å². The van der Waals surface area contributed by atoms with Gasteiger partial charge in [0.1, 0.15) is 37.9 Å². The van der Waals surface area contributed by atoms with Gasteiger partial charge in [0.15, 0.2) is 17.8 Å². The quantitative estimate of drug-likeness (QED) is 0.0523. The number of rotatable bonds is 14. The Labute approximate surface area is 490 Å². The number of aryl methyl sites for hydroxylation is 1. The van der Waals surface area contributed by atoms with Crippen molar-refractivity contribution in [2.24, 2.45) is 18.9 Å². The molecule has 21 nitrogen and oxygen atoms in total. The van der Waals surface area contributed by atoms with Crippen molar-refractivity contribution < 1.29 is 47.8 Å². The Hall–Kier alpha value is -7.66. The van der Waals surface area contributed by atoms with Crippen molar-refractivity contribution in [3.8, 4) is 23.0 Å². The fraction of sp³-hybridized carbons (Fsp3) is 0.500. The van der Waals surface area contributed by atoms with Crippen molar-refractivity contribution in [1.29, 1.82) is 0 Å². The Bertz CT molecular complexity index is 3540. The van der Waals surface area contributed by atoms with Gasteiger partial charge in [0.05, 0.1) is 41.6 Å². The molecule has 2 saturated heterocycles. The largest absolute Gasteiger partial charge is 0.494 e. The van der Waals surface area contributed by atoms with Gasteiger partial charge in [-0.3, -0.25) is 24.5 Å². The van der Waals surface area contributed by atoms with Crippen molar-refractivity contribution in [3.05, 3.63) is 86.2 Å². The molecule has 5 aromatic heterocycles. The average molecular weight is 1180 g/mol. The number of carbonyl (C=O) groups is 5. The lowest BCUT2D eigenvalue weighted by Gasteiger charge is -2.33. The number of alkyl carbamates (subject to hydrolysis) is 2. The Balaban J connectivity index is 0.000000167. The van der Waals surface area contributed by atoms with Crippen LogP contribution in [0.15, 0.2) is 59.3 Å². The molecule has 2 saturated carbocycles. The second-order valence-corrected chi connectivity index (χ2v) is 25.6. The third kappa shape index (κ3) is 14.4. The van der Waals surface area contributed by atoms with Crippen LogP contribution in [0.3, 0.4) is 0 Å². The number of amides is 4. The first-order valence-corrected chi connectivity index (χ1v) is 30.1. The molecule has 0 spiro atoms. The van der Waals surface area contributed by atoms with E-state index in [1.165, 1.54) is 65.4 Å². The number of carbonyl (C=O) groups excluding carboxylic acids is 5. The Kier molecular flexibility index (Phi) is 18.1. The van der Waals surface area contributed by atoms with Crippen molar-refractivity contribution >= 4 is 95.8 Å². The van der Waals surface area contributed by atoms with E-state index in [0.29, 0.717) is 50.3 Å². The molecule has 0 radical (unpaired) electrons. The maximum absolute atomic E-state index is 13.7. The van der Waals surface area contributed by atoms with E-state index in [4.69, 9.17) is 23.9 Å². The predicted octanol–water partition coefficient (Wildman–Crippen LogP) is 11.5. The van der Waals surface area contributed by atoms with E-state index < -0.39 is 28.3 Å². The summed E-state index contributed by atoms with van der Waals surface area (Å²) in [5.41, 5.74) is 2.98. The Morgan fingerprint density at radius 1 is 0.723 bits per heavy atom. The molecule has 444 valence electrons. The minimum absolute atomic E-state index is 0.0966. The summed E-state index contributed by atoms with van der Waals surface area (Å²) in [6.07, 6.45) is 8.18. The van der Waals surface area contributed by atoms with Gasteiger partial charge in [0.2, 0.25) is 0 Å². The summed E-state index contributed by atoms with van der Waals surface area (Å²) in [6.45, 7) is 14.7. The molecule has 4 fully saturated rings. The highest BCUT2D eigenvalue weighted by molar-refractivity contribution is 7.17. The maximum Gasteiger partial charge on any atom is 0.407 e. The summed E-state index contributed by atoms with van der Waals surface area (Å²) in [4.78, 5) is 83.7. The number of hydrogen-bond acceptors (Lipinski definition) is 15. The van der Waals surface area contributed by atoms with Crippen LogP contribution in [0.2, 0.25) is 0 Å². The molecule has 11 rings (SSSR count). The average Bonchev–Trinajstić information content (AvgIpc) is 3.64. The summed E-state index contributed by atoms with van der Waals surface area (Å²) in [5, 5.41) is 26.5. The molecule has 2 atom stereocenters. The number of ether oxygens (including phenoxy) is 4. The van der Waals surface area contributed by atoms with Crippen LogP contribution in [0.1, 0.15) is 124 Å². The Morgan fingerprint density at radius 2 is 1.23 bits per heavy atom. The molecule has 4 aliphatic rings. The lowest BCUT2D eigenvalue weighted by atomic mass is 10.0. The minimum Gasteiger partial charge on any atom is -0.494 e. The number of thiophene rings is 2. The van der Waals surface area contributed by atoms with Crippen molar-refractivity contribution in [1.82, 2.24) is 39.1 Å². The van der Waals surface area contributed by atoms with Gasteiger partial charge in [0, 0.05) is 87.8 Å². The van der Waals surface area contributed by atoms with Crippen LogP contribution in [0.5, 0.6) is 11.5 Å². The smallest absolute Gasteiger partial charge is 0.407 e. The summed E-state index contributed by atoms with van der Waals surface area (Å²) in [7, 11) is 6.57. The number of nitro benzene ring substituents is 1. The van der Waals surface area contributed by atoms with E-state index in [1.807, 2.05) is 46.0 Å². The molecule has 0 unspecified atom stereocenters. The molecule has 23 heteroatoms. The number of aromatic nitrogens is 4. The molecule has 4 amide bonds. The first-order chi connectivity index (χ1) is 39.5. The number of fused-ring (bicyclic) bond motifs is 3. The summed E-state index contributed by atoms with van der Waals surface area (Å²) in [5.74, 6) is 2.77. The van der Waals surface area contributed by atoms with Gasteiger partial charge in [-0.1, -0.05) is 0 Å². The summed E-state index contributed by atoms with van der Waals surface area (Å²) >= 11 is 3.49. The molecular formula is C60H76N10O11S2. The molecule has 2 aliphatic heterocycles. The normalized spacial score (nSPS) is 17.2. The minimum atomic E-state index is -0.612. The SMILES string of the molecule is CNc1c(OC)cc(C(=O)N2CCC[C@@H](NC(=O)OC(C)(C)C)C2)cc1[N+](=O)[O-].COc1cc(C(=O)N2CCC[C@@H](NC(=O)OC(C)(C)C)C2)cc2nc(-c3cc4ccsc4n3CC3CC3)n(C)c12.O=Cc1cc2ccsc2n1CC1CC1. The fourth-order valence-electron chi connectivity index (χ4n) is 10.7. The number of nitro groups is 1. The number of nitrogens with zero attached hydrogens (tertiary/aromatic N) is 7. The molecule has 2 aliphatic carbocycles. The monoisotopic (exact) mass is 1180 g/mol. The van der Waals surface area contributed by atoms with E-state index in [9.17, 15) is 34.1 Å². The van der Waals surface area contributed by atoms with Crippen LogP contribution < -0.4 is 25.4 Å². The topological polar surface area (TPSA) is 236 Å². The second kappa shape index (κ2) is 25.1. The third-order valence-electron chi connectivity index (χ3n) is 14.9. The number of methoxy groups -OCH3 is 2. The standard InChI is InChI=1S/C30H37N5O4S.C19H28N4O6.C11H11NOS/c1-30(2,3)39-29(37)31-21-7-6-11-34(17-21)27(36)20-13-22-25(24(15-20)38-5)33(4)26(32-22)23-14-19-10-12-40-28(19)35(23)16-18-8-9-18;1-19(2,3)29-18(25)21-13-7-6-8-22(11-13)17(24)12-9-14(23(26)27)16(20-4)15(10-12)28-5;13-7-10-5-9-3-4-14-11(9)12(10)6-8-1-2-8/h10,12-15,18,21H,6-9,11,16-17H2,1-5H3,(H,31,37);9-10,13,20H,6-8,11H2,1-5H3,(H,21,25);3-5,7-8H,1-2,6H2/t21-;13-;/m11./s1. The summed E-state index contributed by atoms with van der Waals surface area (Å²) < 4.78 is 28.3. The highest BCUT2D eigenvalue weighted by atomic mass is 32.1. The van der Waals surface area contributed by atoms with Crippen LogP contribution in [0.4, 0.5) is 21.0 Å². The van der Waals surface area contributed by atoms with Gasteiger partial charge >= 0.3 is 12.2 Å². The van der Waals surface area contributed by atoms with Crippen molar-refractivity contribution in [3.63, 3.8) is 0 Å². The van der Waals surface area contributed by atoms with Crippen LogP contribution in [0, 0.1) is 22.0 Å². The van der Waals surface area contributed by atoms with Crippen molar-refractivity contribution in [2.75, 3.05) is 52.8 Å². The van der Waals surface area contributed by atoms with Gasteiger partial charge in [0.25, 0.3) is 17.5 Å². The maximum atomic E-state index is 13.7. The van der Waals surface area contributed by atoms with Crippen LogP contribution in [0.25, 0.3) is 43.0 Å². The van der Waals surface area contributed by atoms with E-state index in [1.54, 1.807) is 67.4 Å². The van der Waals surface area contributed by atoms with E-state index >= 15 is 0 Å². The lowest BCUT2D eigenvalue weighted by molar-refractivity contribution is -0.384. The predicted molar refractivity (Wildman–Crippen MR) is 323 cm³/mol. The lowest BCUT2D eigenvalue weighted by Crippen LogP contribution is -2.50. The fourth-order valence-corrected chi connectivity index (χ4v) is 12.5. The third-order valence-corrected chi connectivity index (χ3v) is 16.8. The van der Waals surface area contributed by atoms with Crippen molar-refractivity contribution in [2.45, 2.75) is 129 Å². The van der Waals surface area contributed by atoms with Crippen LogP contribution >= 0.6 is 22.7 Å². The molecular weight excluding hydrogens is 1100 g/mol. The number of imidazole rings is 1. The van der Waals surface area contributed by atoms with E-state index in [2.05, 4.69) is 58.6 Å². The number of anilines is 1. The zero-order valence-electron chi connectivity index (χ0n) is 49.0. The highest BCUT2D eigenvalue weighted by Gasteiger charge is 2.33. The van der Waals surface area contributed by atoms with E-state index in [0.717, 1.165) is 72.3 Å². The zero-order valence-corrected chi connectivity index (χ0v) is 50.6. The van der Waals surface area contributed by atoms with Gasteiger partial charge < -0.3 is 58.4 Å². The number of nitrogens with one attached hydrogen (secondary N) is 3. The number of benzene rings is 2. The number of aldehydes is 1. The number of likely N-dealkylation sites (tertiary alicyclic amines) is 2. The molecule has 7 aromatic rings. The van der Waals surface area contributed by atoms with Crippen LogP contribution in [-0.2, 0) is 29.6 Å². The highest BCUT2D eigenvalue weighted by Crippen LogP contribution is 2.40. The van der Waals surface area contributed by atoms with Gasteiger partial charge in [-0.2, -0.15) is 0 Å². The second-order valence-electron chi connectivity index (χ2n) is 23.8. The number of hydrogen-bond donors (Lipinski definition) is 3. The number of piperidine rings is 2. The first kappa shape index (κ1) is 59.9. The van der Waals surface area contributed by atoms with Gasteiger partial charge in [-0.05, 0) is 158 Å². The van der Waals surface area contributed by atoms with Gasteiger partial charge in [-0.15, -0.1) is 22.7 Å². The Morgan fingerprint density at radius 3 is 1.72 bits per heavy atom. The van der Waals surface area contributed by atoms with Gasteiger partial charge in [-0.25, -0.2) is 14.6 Å².